The van der Waals surface area contributed by atoms with Crippen LogP contribution in [-0.4, -0.2) is 26.8 Å². The summed E-state index contributed by atoms with van der Waals surface area (Å²) < 4.78 is 28.2. The van der Waals surface area contributed by atoms with Gasteiger partial charge in [-0.1, -0.05) is 48.5 Å². The first-order valence-corrected chi connectivity index (χ1v) is 10.5. The number of fused-ring (bicyclic) bond motifs is 1. The molecule has 1 aliphatic rings. The number of sulfonamides is 1. The van der Waals surface area contributed by atoms with Gasteiger partial charge in [-0.2, -0.15) is 0 Å². The lowest BCUT2D eigenvalue weighted by molar-refractivity contribution is 0.0879. The minimum absolute atomic E-state index is 0.0296. The summed E-state index contributed by atoms with van der Waals surface area (Å²) in [5, 5.41) is 2.18. The highest BCUT2D eigenvalue weighted by atomic mass is 32.2. The molecule has 1 N–H and O–H groups in total. The molecular weight excluding hydrogens is 388 g/mol. The van der Waals surface area contributed by atoms with Crippen LogP contribution in [0.3, 0.4) is 0 Å². The molecule has 0 atom stereocenters. The van der Waals surface area contributed by atoms with Gasteiger partial charge in [0.25, 0.3) is 21.8 Å². The Bertz CT molecular complexity index is 1180. The van der Waals surface area contributed by atoms with Crippen molar-refractivity contribution in [3.05, 3.63) is 95.6 Å². The fourth-order valence-electron chi connectivity index (χ4n) is 3.29. The minimum atomic E-state index is -3.94. The molecule has 1 aliphatic heterocycles. The van der Waals surface area contributed by atoms with E-state index in [0.29, 0.717) is 12.1 Å². The molecule has 0 unspecified atom stereocenters. The maximum atomic E-state index is 13.5. The quantitative estimate of drug-likeness (QED) is 0.638. The first kappa shape index (κ1) is 18.9. The van der Waals surface area contributed by atoms with Crippen LogP contribution in [0.5, 0.6) is 0 Å². The van der Waals surface area contributed by atoms with Crippen molar-refractivity contribution in [3.63, 3.8) is 0 Å². The number of amides is 2. The molecule has 0 radical (unpaired) electrons. The topological polar surface area (TPSA) is 83.5 Å². The van der Waals surface area contributed by atoms with E-state index in [1.54, 1.807) is 24.3 Å². The van der Waals surface area contributed by atoms with Crippen LogP contribution in [0.15, 0.2) is 83.8 Å². The number of imide groups is 1. The lowest BCUT2D eigenvalue weighted by Crippen LogP contribution is -2.33. The molecule has 0 aliphatic carbocycles. The van der Waals surface area contributed by atoms with Crippen molar-refractivity contribution in [3.8, 4) is 0 Å². The van der Waals surface area contributed by atoms with Gasteiger partial charge in [0.2, 0.25) is 0 Å². The Labute approximate surface area is 168 Å². The maximum Gasteiger partial charge on any atom is 0.264 e. The standard InChI is InChI=1S/C22H18N2O4S/c25-21-19-12-11-18(15-20(19)22(26)23-21)29(27,28)24(17-9-5-2-6-10-17)14-13-16-7-3-1-4-8-16/h1-12,15H,13-14H2,(H,23,25,26). The van der Waals surface area contributed by atoms with E-state index >= 15 is 0 Å². The van der Waals surface area contributed by atoms with Gasteiger partial charge in [-0.25, -0.2) is 8.42 Å². The van der Waals surface area contributed by atoms with Gasteiger partial charge in [0, 0.05) is 6.54 Å². The summed E-state index contributed by atoms with van der Waals surface area (Å²) in [4.78, 5) is 23.7. The Balaban J connectivity index is 1.72. The monoisotopic (exact) mass is 406 g/mol. The molecule has 3 aromatic rings. The van der Waals surface area contributed by atoms with E-state index < -0.39 is 21.8 Å². The average Bonchev–Trinajstić information content (AvgIpc) is 3.03. The van der Waals surface area contributed by atoms with E-state index in [9.17, 15) is 18.0 Å². The number of anilines is 1. The van der Waals surface area contributed by atoms with Crippen LogP contribution in [0.1, 0.15) is 26.3 Å². The summed E-state index contributed by atoms with van der Waals surface area (Å²) in [6.45, 7) is 0.235. The zero-order valence-electron chi connectivity index (χ0n) is 15.4. The fourth-order valence-corrected chi connectivity index (χ4v) is 4.78. The third kappa shape index (κ3) is 3.64. The summed E-state index contributed by atoms with van der Waals surface area (Å²) in [5.41, 5.74) is 1.81. The van der Waals surface area contributed by atoms with Gasteiger partial charge in [-0.15, -0.1) is 0 Å². The van der Waals surface area contributed by atoms with E-state index in [2.05, 4.69) is 5.32 Å². The SMILES string of the molecule is O=C1NC(=O)c2cc(S(=O)(=O)N(CCc3ccccc3)c3ccccc3)ccc21. The van der Waals surface area contributed by atoms with Crippen LogP contribution < -0.4 is 9.62 Å². The van der Waals surface area contributed by atoms with Gasteiger partial charge in [0.05, 0.1) is 21.7 Å². The van der Waals surface area contributed by atoms with E-state index in [1.807, 2.05) is 36.4 Å². The predicted molar refractivity (Wildman–Crippen MR) is 109 cm³/mol. The summed E-state index contributed by atoms with van der Waals surface area (Å²) >= 11 is 0. The normalized spacial score (nSPS) is 13.1. The molecule has 7 heteroatoms. The molecule has 2 amide bonds. The summed E-state index contributed by atoms with van der Waals surface area (Å²) in [6, 6.07) is 22.4. The zero-order valence-corrected chi connectivity index (χ0v) is 16.2. The molecule has 0 aromatic heterocycles. The Morgan fingerprint density at radius 1 is 0.759 bits per heavy atom. The number of hydrogen-bond donors (Lipinski definition) is 1. The predicted octanol–water partition coefficient (Wildman–Crippen LogP) is 3.01. The van der Waals surface area contributed by atoms with Crippen molar-refractivity contribution in [2.75, 3.05) is 10.8 Å². The van der Waals surface area contributed by atoms with E-state index in [-0.39, 0.29) is 22.6 Å². The van der Waals surface area contributed by atoms with E-state index in [1.165, 1.54) is 22.5 Å². The number of para-hydroxylation sites is 1. The second-order valence-corrected chi connectivity index (χ2v) is 8.50. The third-order valence-corrected chi connectivity index (χ3v) is 6.61. The molecule has 3 aromatic carbocycles. The highest BCUT2D eigenvalue weighted by Crippen LogP contribution is 2.27. The number of benzene rings is 3. The second-order valence-electron chi connectivity index (χ2n) is 6.64. The molecule has 6 nitrogen and oxygen atoms in total. The van der Waals surface area contributed by atoms with Crippen molar-refractivity contribution in [2.45, 2.75) is 11.3 Å². The summed E-state index contributed by atoms with van der Waals surface area (Å²) in [6.07, 6.45) is 0.527. The van der Waals surface area contributed by atoms with Crippen molar-refractivity contribution < 1.29 is 18.0 Å². The minimum Gasteiger partial charge on any atom is -0.288 e. The van der Waals surface area contributed by atoms with Crippen molar-refractivity contribution in [2.24, 2.45) is 0 Å². The van der Waals surface area contributed by atoms with Gasteiger partial charge in [-0.05, 0) is 42.3 Å². The molecule has 29 heavy (non-hydrogen) atoms. The van der Waals surface area contributed by atoms with Gasteiger partial charge < -0.3 is 0 Å². The molecule has 0 spiro atoms. The summed E-state index contributed by atoms with van der Waals surface area (Å²) in [5.74, 6) is -1.10. The number of nitrogens with one attached hydrogen (secondary N) is 1. The Morgan fingerprint density at radius 3 is 2.07 bits per heavy atom. The van der Waals surface area contributed by atoms with E-state index in [4.69, 9.17) is 0 Å². The highest BCUT2D eigenvalue weighted by molar-refractivity contribution is 7.92. The molecule has 0 saturated carbocycles. The van der Waals surface area contributed by atoms with Crippen LogP contribution >= 0.6 is 0 Å². The van der Waals surface area contributed by atoms with Gasteiger partial charge in [-0.3, -0.25) is 19.2 Å². The number of rotatable bonds is 6. The smallest absolute Gasteiger partial charge is 0.264 e. The van der Waals surface area contributed by atoms with Crippen LogP contribution in [0.4, 0.5) is 5.69 Å². The van der Waals surface area contributed by atoms with Crippen LogP contribution in [0, 0.1) is 0 Å². The highest BCUT2D eigenvalue weighted by Gasteiger charge is 2.31. The molecule has 0 saturated heterocycles. The van der Waals surface area contributed by atoms with Crippen LogP contribution in [0.25, 0.3) is 0 Å². The van der Waals surface area contributed by atoms with Gasteiger partial charge in [0.15, 0.2) is 0 Å². The van der Waals surface area contributed by atoms with E-state index in [0.717, 1.165) is 5.56 Å². The average molecular weight is 406 g/mol. The van der Waals surface area contributed by atoms with Crippen molar-refractivity contribution in [1.29, 1.82) is 0 Å². The lowest BCUT2D eigenvalue weighted by atomic mass is 10.1. The number of carbonyl (C=O) groups excluding carboxylic acids is 2. The molecular formula is C22H18N2O4S. The molecule has 146 valence electrons. The number of hydrogen-bond acceptors (Lipinski definition) is 4. The Morgan fingerprint density at radius 2 is 1.38 bits per heavy atom. The van der Waals surface area contributed by atoms with Crippen LogP contribution in [-0.2, 0) is 16.4 Å². The third-order valence-electron chi connectivity index (χ3n) is 4.79. The fraction of sp³-hybridized carbons (Fsp3) is 0.0909. The first-order chi connectivity index (χ1) is 14.0. The number of nitrogens with zero attached hydrogens (tertiary/aromatic N) is 1. The molecule has 4 rings (SSSR count). The van der Waals surface area contributed by atoms with Crippen LogP contribution in [0.2, 0.25) is 0 Å². The molecule has 0 fully saturated rings. The van der Waals surface area contributed by atoms with Gasteiger partial charge in [0.1, 0.15) is 0 Å². The Hall–Kier alpha value is -3.45. The second kappa shape index (κ2) is 7.52. The Kier molecular flexibility index (Phi) is 4.90. The molecule has 0 bridgehead atoms. The maximum absolute atomic E-state index is 13.5. The largest absolute Gasteiger partial charge is 0.288 e. The zero-order chi connectivity index (χ0) is 20.4. The van der Waals surface area contributed by atoms with Gasteiger partial charge >= 0.3 is 0 Å². The first-order valence-electron chi connectivity index (χ1n) is 9.08. The van der Waals surface area contributed by atoms with Crippen molar-refractivity contribution >= 4 is 27.5 Å². The molecule has 1 heterocycles. The lowest BCUT2D eigenvalue weighted by Gasteiger charge is -2.25. The summed E-state index contributed by atoms with van der Waals surface area (Å²) in [7, 11) is -3.94. The van der Waals surface area contributed by atoms with Crippen molar-refractivity contribution in [1.82, 2.24) is 5.32 Å². The number of carbonyl (C=O) groups is 2.